The van der Waals surface area contributed by atoms with Crippen LogP contribution in [0.2, 0.25) is 0 Å². The second kappa shape index (κ2) is 8.52. The fourth-order valence-electron chi connectivity index (χ4n) is 4.61. The number of nitrogens with zero attached hydrogens (tertiary/aromatic N) is 3. The lowest BCUT2D eigenvalue weighted by Gasteiger charge is -2.28. The minimum Gasteiger partial charge on any atom is -0.351 e. The van der Waals surface area contributed by atoms with Crippen LogP contribution in [0.15, 0.2) is 89.5 Å². The molecule has 0 aliphatic carbocycles. The van der Waals surface area contributed by atoms with E-state index < -0.39 is 0 Å². The minimum absolute atomic E-state index is 0.0183. The number of thiocarbonyl (C=S) groups is 1. The Morgan fingerprint density at radius 3 is 2.31 bits per heavy atom. The predicted molar refractivity (Wildman–Crippen MR) is 137 cm³/mol. The molecule has 160 valence electrons. The number of halogens is 1. The molecular formula is C26H23BrN4S. The molecule has 0 amide bonds. The molecule has 0 spiro atoms. The number of hydrogen-bond donors (Lipinski definition) is 1. The third-order valence-electron chi connectivity index (χ3n) is 6.01. The Balaban J connectivity index is 1.67. The lowest BCUT2D eigenvalue weighted by Crippen LogP contribution is -2.29. The van der Waals surface area contributed by atoms with E-state index in [1.165, 1.54) is 17.0 Å². The molecule has 4 nitrogen and oxygen atoms in total. The van der Waals surface area contributed by atoms with Crippen LogP contribution in [0, 0.1) is 13.8 Å². The smallest absolute Gasteiger partial charge is 0.174 e. The van der Waals surface area contributed by atoms with Gasteiger partial charge < -0.3 is 14.8 Å². The van der Waals surface area contributed by atoms with E-state index >= 15 is 0 Å². The Kier molecular flexibility index (Phi) is 5.57. The van der Waals surface area contributed by atoms with Crippen molar-refractivity contribution in [3.8, 4) is 5.69 Å². The molecule has 6 heteroatoms. The van der Waals surface area contributed by atoms with E-state index in [-0.39, 0.29) is 12.1 Å². The highest BCUT2D eigenvalue weighted by Gasteiger charge is 2.42. The lowest BCUT2D eigenvalue weighted by molar-refractivity contribution is 0.565. The number of benzene rings is 2. The van der Waals surface area contributed by atoms with Crippen molar-refractivity contribution in [3.05, 3.63) is 112 Å². The van der Waals surface area contributed by atoms with Crippen molar-refractivity contribution in [3.63, 3.8) is 0 Å². The molecular weight excluding hydrogens is 480 g/mol. The van der Waals surface area contributed by atoms with Crippen molar-refractivity contribution in [2.45, 2.75) is 25.9 Å². The summed E-state index contributed by atoms with van der Waals surface area (Å²) in [4.78, 5) is 6.89. The molecule has 1 fully saturated rings. The van der Waals surface area contributed by atoms with Crippen molar-refractivity contribution in [1.29, 1.82) is 0 Å². The van der Waals surface area contributed by atoms with Crippen molar-refractivity contribution in [2.24, 2.45) is 0 Å². The van der Waals surface area contributed by atoms with Gasteiger partial charge in [-0.3, -0.25) is 4.98 Å². The molecule has 5 rings (SSSR count). The van der Waals surface area contributed by atoms with Gasteiger partial charge in [-0.2, -0.15) is 0 Å². The van der Waals surface area contributed by atoms with Gasteiger partial charge in [-0.05, 0) is 86.2 Å². The Morgan fingerprint density at radius 1 is 0.906 bits per heavy atom. The first-order valence-corrected chi connectivity index (χ1v) is 11.7. The molecule has 2 atom stereocenters. The molecule has 4 aromatic rings. The number of pyridine rings is 1. The molecule has 3 heterocycles. The zero-order chi connectivity index (χ0) is 22.2. The van der Waals surface area contributed by atoms with Crippen LogP contribution in [0.1, 0.15) is 34.7 Å². The Morgan fingerprint density at radius 2 is 1.62 bits per heavy atom. The van der Waals surface area contributed by atoms with Crippen molar-refractivity contribution in [1.82, 2.24) is 14.9 Å². The van der Waals surface area contributed by atoms with E-state index in [1.54, 1.807) is 0 Å². The van der Waals surface area contributed by atoms with Gasteiger partial charge in [0.1, 0.15) is 0 Å². The van der Waals surface area contributed by atoms with Crippen LogP contribution in [0.25, 0.3) is 5.69 Å². The number of para-hydroxylation sites is 1. The Hall–Kier alpha value is -2.96. The normalized spacial score (nSPS) is 18.1. The van der Waals surface area contributed by atoms with Crippen LogP contribution in [0.5, 0.6) is 0 Å². The molecule has 1 N–H and O–H groups in total. The lowest BCUT2D eigenvalue weighted by atomic mass is 9.96. The van der Waals surface area contributed by atoms with Gasteiger partial charge in [0.05, 0.1) is 17.8 Å². The summed E-state index contributed by atoms with van der Waals surface area (Å²) < 4.78 is 3.38. The third-order valence-corrected chi connectivity index (χ3v) is 6.85. The van der Waals surface area contributed by atoms with E-state index in [0.29, 0.717) is 5.11 Å². The first-order valence-electron chi connectivity index (χ1n) is 10.5. The summed E-state index contributed by atoms with van der Waals surface area (Å²) in [6.07, 6.45) is 1.84. The van der Waals surface area contributed by atoms with E-state index in [9.17, 15) is 0 Å². The zero-order valence-electron chi connectivity index (χ0n) is 17.9. The SMILES string of the molecule is Cc1cc([C@H]2[C@@H](c3ccccn3)NC(=S)N2c2ccccc2)c(C)n1-c1ccc(Br)cc1. The van der Waals surface area contributed by atoms with Gasteiger partial charge >= 0.3 is 0 Å². The van der Waals surface area contributed by atoms with Crippen molar-refractivity contribution >= 4 is 38.9 Å². The average Bonchev–Trinajstić information content (AvgIpc) is 3.31. The summed E-state index contributed by atoms with van der Waals surface area (Å²) in [5.41, 5.74) is 6.81. The van der Waals surface area contributed by atoms with Gasteiger partial charge in [-0.25, -0.2) is 0 Å². The van der Waals surface area contributed by atoms with Crippen molar-refractivity contribution < 1.29 is 0 Å². The summed E-state index contributed by atoms with van der Waals surface area (Å²) in [6.45, 7) is 4.34. The number of anilines is 1. The van der Waals surface area contributed by atoms with E-state index in [1.807, 2.05) is 36.5 Å². The van der Waals surface area contributed by atoms with Gasteiger partial charge in [0.25, 0.3) is 0 Å². The summed E-state index contributed by atoms with van der Waals surface area (Å²) in [5.74, 6) is 0. The van der Waals surface area contributed by atoms with E-state index in [2.05, 4.69) is 98.1 Å². The molecule has 0 unspecified atom stereocenters. The predicted octanol–water partition coefficient (Wildman–Crippen LogP) is 6.43. The van der Waals surface area contributed by atoms with Crippen LogP contribution in [0.4, 0.5) is 5.69 Å². The highest BCUT2D eigenvalue weighted by molar-refractivity contribution is 9.10. The topological polar surface area (TPSA) is 33.1 Å². The minimum atomic E-state index is -0.0530. The van der Waals surface area contributed by atoms with Crippen LogP contribution in [0.3, 0.4) is 0 Å². The van der Waals surface area contributed by atoms with Gasteiger partial charge in [0.15, 0.2) is 5.11 Å². The largest absolute Gasteiger partial charge is 0.351 e. The summed E-state index contributed by atoms with van der Waals surface area (Å²) >= 11 is 9.39. The number of nitrogens with one attached hydrogen (secondary N) is 1. The second-order valence-electron chi connectivity index (χ2n) is 7.97. The first-order chi connectivity index (χ1) is 15.5. The van der Waals surface area contributed by atoms with Gasteiger partial charge in [-0.15, -0.1) is 0 Å². The molecule has 1 aliphatic heterocycles. The Bertz CT molecular complexity index is 1250. The molecule has 1 saturated heterocycles. The fraction of sp³-hybridized carbons (Fsp3) is 0.154. The molecule has 0 saturated carbocycles. The summed E-state index contributed by atoms with van der Waals surface area (Å²) in [5, 5.41) is 4.26. The van der Waals surface area contributed by atoms with Crippen LogP contribution in [-0.2, 0) is 0 Å². The average molecular weight is 503 g/mol. The monoisotopic (exact) mass is 502 g/mol. The molecule has 32 heavy (non-hydrogen) atoms. The first kappa shape index (κ1) is 20.9. The highest BCUT2D eigenvalue weighted by atomic mass is 79.9. The Labute approximate surface area is 202 Å². The number of aryl methyl sites for hydroxylation is 1. The van der Waals surface area contributed by atoms with E-state index in [4.69, 9.17) is 12.2 Å². The number of aromatic nitrogens is 2. The standard InChI is InChI=1S/C26H23BrN4S/c1-17-16-22(18(2)30(17)21-13-11-19(27)12-14-21)25-24(23-10-6-7-15-28-23)29-26(32)31(25)20-8-4-3-5-9-20/h3-16,24-25H,1-2H3,(H,29,32)/t24-,25+/m1/s1. The van der Waals surface area contributed by atoms with Crippen LogP contribution in [-0.4, -0.2) is 14.7 Å². The summed E-state index contributed by atoms with van der Waals surface area (Å²) in [7, 11) is 0. The quantitative estimate of drug-likeness (QED) is 0.326. The number of hydrogen-bond acceptors (Lipinski definition) is 2. The highest BCUT2D eigenvalue weighted by Crippen LogP contribution is 2.43. The van der Waals surface area contributed by atoms with E-state index in [0.717, 1.165) is 21.5 Å². The maximum atomic E-state index is 5.84. The molecule has 1 aliphatic rings. The van der Waals surface area contributed by atoms with Crippen molar-refractivity contribution in [2.75, 3.05) is 4.90 Å². The van der Waals surface area contributed by atoms with Gasteiger partial charge in [0.2, 0.25) is 0 Å². The number of rotatable bonds is 4. The molecule has 2 aromatic carbocycles. The molecule has 0 radical (unpaired) electrons. The second-order valence-corrected chi connectivity index (χ2v) is 9.27. The molecule has 0 bridgehead atoms. The third kappa shape index (κ3) is 3.63. The van der Waals surface area contributed by atoms with Gasteiger partial charge in [0, 0.05) is 33.4 Å². The van der Waals surface area contributed by atoms with Gasteiger partial charge in [-0.1, -0.05) is 40.2 Å². The maximum absolute atomic E-state index is 5.84. The van der Waals surface area contributed by atoms with Crippen LogP contribution >= 0.6 is 28.1 Å². The summed E-state index contributed by atoms with van der Waals surface area (Å²) in [6, 6.07) is 27.0. The zero-order valence-corrected chi connectivity index (χ0v) is 20.3. The fourth-order valence-corrected chi connectivity index (χ4v) is 5.22. The molecule has 2 aromatic heterocycles. The van der Waals surface area contributed by atoms with Crippen LogP contribution < -0.4 is 10.2 Å². The maximum Gasteiger partial charge on any atom is 0.174 e.